The number of carbonyl (C=O) groups is 1. The van der Waals surface area contributed by atoms with E-state index in [2.05, 4.69) is 4.98 Å². The van der Waals surface area contributed by atoms with Crippen LogP contribution in [0.25, 0.3) is 0 Å². The molecule has 0 fully saturated rings. The van der Waals surface area contributed by atoms with Gasteiger partial charge in [-0.3, -0.25) is 14.3 Å². The highest BCUT2D eigenvalue weighted by Gasteiger charge is 2.15. The number of nitrogens with one attached hydrogen (secondary N) is 1. The normalized spacial score (nSPS) is 11.2. The molecule has 1 amide bonds. The highest BCUT2D eigenvalue weighted by molar-refractivity contribution is 7.89. The largest absolute Gasteiger partial charge is 0.315 e. The lowest BCUT2D eigenvalue weighted by molar-refractivity contribution is -0.119. The maximum absolute atomic E-state index is 11.9. The zero-order valence-electron chi connectivity index (χ0n) is 12.0. The molecule has 0 saturated carbocycles. The second kappa shape index (κ2) is 7.38. The van der Waals surface area contributed by atoms with Crippen LogP contribution in [0.4, 0.5) is 0 Å². The average Bonchev–Trinajstić information content (AvgIpc) is 2.48. The number of aryl methyl sites for hydroxylation is 1. The van der Waals surface area contributed by atoms with E-state index in [1.807, 2.05) is 4.72 Å². The van der Waals surface area contributed by atoms with Crippen molar-refractivity contribution in [1.29, 1.82) is 0 Å². The fourth-order valence-corrected chi connectivity index (χ4v) is 3.08. The Balaban J connectivity index is 1.92. The summed E-state index contributed by atoms with van der Waals surface area (Å²) in [6.07, 6.45) is 2.74. The van der Waals surface area contributed by atoms with Gasteiger partial charge in [0.1, 0.15) is 5.15 Å². The molecule has 0 spiro atoms. The first-order valence-electron chi connectivity index (χ1n) is 6.65. The van der Waals surface area contributed by atoms with Gasteiger partial charge in [0.25, 0.3) is 5.56 Å². The summed E-state index contributed by atoms with van der Waals surface area (Å²) in [4.78, 5) is 27.0. The van der Waals surface area contributed by atoms with E-state index in [-0.39, 0.29) is 29.4 Å². The monoisotopic (exact) mass is 355 g/mol. The number of sulfonamides is 1. The predicted octanol–water partition coefficient (Wildman–Crippen LogP) is 0.933. The van der Waals surface area contributed by atoms with Crippen LogP contribution in [-0.2, 0) is 27.1 Å². The van der Waals surface area contributed by atoms with Gasteiger partial charge in [0, 0.05) is 31.4 Å². The molecule has 23 heavy (non-hydrogen) atoms. The molecule has 2 heterocycles. The lowest BCUT2D eigenvalue weighted by atomic mass is 10.3. The fourth-order valence-electron chi connectivity index (χ4n) is 1.84. The zero-order valence-corrected chi connectivity index (χ0v) is 13.5. The van der Waals surface area contributed by atoms with Gasteiger partial charge < -0.3 is 4.57 Å². The van der Waals surface area contributed by atoms with Crippen molar-refractivity contribution in [3.63, 3.8) is 0 Å². The van der Waals surface area contributed by atoms with E-state index in [0.717, 1.165) is 0 Å². The summed E-state index contributed by atoms with van der Waals surface area (Å²) >= 11 is 5.62. The molecule has 0 aliphatic rings. The minimum atomic E-state index is -3.83. The van der Waals surface area contributed by atoms with E-state index in [1.54, 1.807) is 12.1 Å². The van der Waals surface area contributed by atoms with Gasteiger partial charge in [-0.1, -0.05) is 23.7 Å². The van der Waals surface area contributed by atoms with Crippen molar-refractivity contribution in [3.8, 4) is 0 Å². The highest BCUT2D eigenvalue weighted by atomic mass is 35.5. The van der Waals surface area contributed by atoms with Crippen molar-refractivity contribution < 1.29 is 13.2 Å². The van der Waals surface area contributed by atoms with E-state index in [9.17, 15) is 18.0 Å². The third-order valence-electron chi connectivity index (χ3n) is 2.89. The first-order chi connectivity index (χ1) is 10.9. The Bertz CT molecular complexity index is 847. The number of hydrogen-bond donors (Lipinski definition) is 1. The van der Waals surface area contributed by atoms with Crippen molar-refractivity contribution in [2.24, 2.45) is 0 Å². The maximum Gasteiger partial charge on any atom is 0.250 e. The van der Waals surface area contributed by atoms with Crippen molar-refractivity contribution in [2.75, 3.05) is 0 Å². The molecule has 0 saturated heterocycles. The van der Waals surface area contributed by atoms with Crippen molar-refractivity contribution in [1.82, 2.24) is 14.3 Å². The van der Waals surface area contributed by atoms with E-state index < -0.39 is 15.9 Å². The van der Waals surface area contributed by atoms with Crippen LogP contribution < -0.4 is 10.3 Å². The van der Waals surface area contributed by atoms with Crippen LogP contribution in [0.3, 0.4) is 0 Å². The lowest BCUT2D eigenvalue weighted by Gasteiger charge is -2.08. The summed E-state index contributed by atoms with van der Waals surface area (Å²) in [5, 5.41) is 0.253. The number of halogens is 1. The number of nitrogens with zero attached hydrogens (tertiary/aromatic N) is 2. The molecule has 0 atom stereocenters. The summed E-state index contributed by atoms with van der Waals surface area (Å²) in [7, 11) is -3.83. The summed E-state index contributed by atoms with van der Waals surface area (Å²) in [6, 6.07) is 7.59. The quantitative estimate of drug-likeness (QED) is 0.777. The first kappa shape index (κ1) is 17.2. The molecule has 0 aliphatic heterocycles. The second-order valence-electron chi connectivity index (χ2n) is 4.76. The predicted molar refractivity (Wildman–Crippen MR) is 85.3 cm³/mol. The molecule has 2 aromatic heterocycles. The number of hydrogen-bond acceptors (Lipinski definition) is 5. The minimum absolute atomic E-state index is 0.101. The van der Waals surface area contributed by atoms with Crippen LogP contribution in [0.5, 0.6) is 0 Å². The highest BCUT2D eigenvalue weighted by Crippen LogP contribution is 2.08. The van der Waals surface area contributed by atoms with E-state index in [1.165, 1.54) is 35.2 Å². The van der Waals surface area contributed by atoms with Crippen molar-refractivity contribution in [2.45, 2.75) is 18.7 Å². The van der Waals surface area contributed by atoms with Gasteiger partial charge in [-0.15, -0.1) is 0 Å². The Morgan fingerprint density at radius 3 is 2.70 bits per heavy atom. The van der Waals surface area contributed by atoms with Gasteiger partial charge in [-0.05, 0) is 17.7 Å². The summed E-state index contributed by atoms with van der Waals surface area (Å²) in [5.41, 5.74) is 0.157. The second-order valence-corrected chi connectivity index (χ2v) is 6.87. The SMILES string of the molecule is O=C(CCn1ccccc1=O)NS(=O)(=O)Cc1ccc(Cl)nc1. The standard InChI is InChI=1S/C14H14ClN3O4S/c15-12-5-4-11(9-16-12)10-23(21,22)17-13(19)6-8-18-7-2-1-3-14(18)20/h1-5,7,9H,6,8,10H2,(H,17,19). The number of carbonyl (C=O) groups excluding carboxylic acids is 1. The van der Waals surface area contributed by atoms with Crippen LogP contribution in [0.1, 0.15) is 12.0 Å². The van der Waals surface area contributed by atoms with E-state index >= 15 is 0 Å². The van der Waals surface area contributed by atoms with Gasteiger partial charge in [0.05, 0.1) is 5.75 Å². The van der Waals surface area contributed by atoms with Crippen molar-refractivity contribution in [3.05, 3.63) is 63.8 Å². The van der Waals surface area contributed by atoms with Gasteiger partial charge >= 0.3 is 0 Å². The maximum atomic E-state index is 11.9. The molecule has 0 bridgehead atoms. The number of aromatic nitrogens is 2. The molecule has 0 aliphatic carbocycles. The molecule has 2 rings (SSSR count). The Labute approximate surface area is 138 Å². The van der Waals surface area contributed by atoms with Crippen LogP contribution >= 0.6 is 11.6 Å². The minimum Gasteiger partial charge on any atom is -0.315 e. The van der Waals surface area contributed by atoms with E-state index in [0.29, 0.717) is 5.56 Å². The Morgan fingerprint density at radius 2 is 2.04 bits per heavy atom. The van der Waals surface area contributed by atoms with Crippen LogP contribution in [0.15, 0.2) is 47.5 Å². The lowest BCUT2D eigenvalue weighted by Crippen LogP contribution is -2.33. The molecular formula is C14H14ClN3O4S. The smallest absolute Gasteiger partial charge is 0.250 e. The topological polar surface area (TPSA) is 98.1 Å². The molecule has 122 valence electrons. The van der Waals surface area contributed by atoms with Crippen molar-refractivity contribution >= 4 is 27.5 Å². The summed E-state index contributed by atoms with van der Waals surface area (Å²) in [5.74, 6) is -1.06. The van der Waals surface area contributed by atoms with Gasteiger partial charge in [0.15, 0.2) is 0 Å². The average molecular weight is 356 g/mol. The zero-order chi connectivity index (χ0) is 16.9. The summed E-state index contributed by atoms with van der Waals surface area (Å²) in [6.45, 7) is 0.101. The third kappa shape index (κ3) is 5.50. The third-order valence-corrected chi connectivity index (χ3v) is 4.37. The molecule has 7 nitrogen and oxygen atoms in total. The van der Waals surface area contributed by atoms with Gasteiger partial charge in [-0.25, -0.2) is 13.4 Å². The molecule has 9 heteroatoms. The van der Waals surface area contributed by atoms with Crippen LogP contribution in [0.2, 0.25) is 5.15 Å². The van der Waals surface area contributed by atoms with Crippen LogP contribution in [0, 0.1) is 0 Å². The molecule has 0 unspecified atom stereocenters. The van der Waals surface area contributed by atoms with Gasteiger partial charge in [-0.2, -0.15) is 0 Å². The molecule has 2 aromatic rings. The molecule has 0 aromatic carbocycles. The Hall–Kier alpha value is -2.19. The van der Waals surface area contributed by atoms with Crippen LogP contribution in [-0.4, -0.2) is 23.9 Å². The molecular weight excluding hydrogens is 342 g/mol. The first-order valence-corrected chi connectivity index (χ1v) is 8.68. The molecule has 1 N–H and O–H groups in total. The fraction of sp³-hybridized carbons (Fsp3) is 0.214. The Morgan fingerprint density at radius 1 is 1.26 bits per heavy atom. The molecule has 0 radical (unpaired) electrons. The number of amides is 1. The number of rotatable bonds is 6. The summed E-state index contributed by atoms with van der Waals surface area (Å²) < 4.78 is 27.1. The van der Waals surface area contributed by atoms with E-state index in [4.69, 9.17) is 11.6 Å². The number of pyridine rings is 2. The Kier molecular flexibility index (Phi) is 5.51. The van der Waals surface area contributed by atoms with Gasteiger partial charge in [0.2, 0.25) is 15.9 Å².